The van der Waals surface area contributed by atoms with Crippen molar-refractivity contribution in [1.82, 2.24) is 15.5 Å². The molecule has 1 unspecified atom stereocenters. The molecule has 0 aliphatic carbocycles. The smallest absolute Gasteiger partial charge is 0.0518 e. The van der Waals surface area contributed by atoms with E-state index >= 15 is 0 Å². The van der Waals surface area contributed by atoms with E-state index in [1.54, 1.807) is 6.20 Å². The summed E-state index contributed by atoms with van der Waals surface area (Å²) in [6.07, 6.45) is 1.75. The summed E-state index contributed by atoms with van der Waals surface area (Å²) in [4.78, 5) is 0. The van der Waals surface area contributed by atoms with Gasteiger partial charge in [-0.15, -0.1) is 0 Å². The molecule has 0 aliphatic rings. The van der Waals surface area contributed by atoms with Gasteiger partial charge in [0, 0.05) is 23.8 Å². The second-order valence-electron chi connectivity index (χ2n) is 3.71. The first-order valence-electron chi connectivity index (χ1n) is 5.23. The molecule has 0 spiro atoms. The van der Waals surface area contributed by atoms with Gasteiger partial charge in [0.25, 0.3) is 0 Å². The molecule has 0 fully saturated rings. The Balaban J connectivity index is 1.95. The van der Waals surface area contributed by atoms with Gasteiger partial charge in [0.15, 0.2) is 0 Å². The lowest BCUT2D eigenvalue weighted by Crippen LogP contribution is -2.18. The van der Waals surface area contributed by atoms with Gasteiger partial charge < -0.3 is 5.32 Å². The third kappa shape index (κ3) is 2.62. The highest BCUT2D eigenvalue weighted by molar-refractivity contribution is 6.31. The van der Waals surface area contributed by atoms with Gasteiger partial charge in [0.05, 0.1) is 5.69 Å². The van der Waals surface area contributed by atoms with Crippen molar-refractivity contribution < 1.29 is 0 Å². The van der Waals surface area contributed by atoms with Gasteiger partial charge in [-0.2, -0.15) is 5.10 Å². The Morgan fingerprint density at radius 2 is 2.19 bits per heavy atom. The molecule has 84 valence electrons. The number of hydrogen-bond donors (Lipinski definition) is 2. The molecule has 0 saturated heterocycles. The number of hydrogen-bond acceptors (Lipinski definition) is 2. The van der Waals surface area contributed by atoms with Crippen molar-refractivity contribution in [3.8, 4) is 0 Å². The molecule has 1 aromatic heterocycles. The van der Waals surface area contributed by atoms with Crippen LogP contribution in [0.15, 0.2) is 36.5 Å². The molecule has 4 heteroatoms. The summed E-state index contributed by atoms with van der Waals surface area (Å²) < 4.78 is 0. The highest BCUT2D eigenvalue weighted by Gasteiger charge is 2.06. The SMILES string of the molecule is CC(NCc1ccccc1Cl)c1ccn[nH]1. The lowest BCUT2D eigenvalue weighted by molar-refractivity contribution is 0.560. The summed E-state index contributed by atoms with van der Waals surface area (Å²) >= 11 is 6.07. The number of nitrogens with one attached hydrogen (secondary N) is 2. The standard InChI is InChI=1S/C12H14ClN3/c1-9(12-6-7-15-16-12)14-8-10-4-2-3-5-11(10)13/h2-7,9,14H,8H2,1H3,(H,15,16). The van der Waals surface area contributed by atoms with Crippen molar-refractivity contribution in [1.29, 1.82) is 0 Å². The molecule has 0 saturated carbocycles. The van der Waals surface area contributed by atoms with Crippen molar-refractivity contribution in [3.05, 3.63) is 52.8 Å². The second kappa shape index (κ2) is 5.14. The van der Waals surface area contributed by atoms with Gasteiger partial charge in [-0.3, -0.25) is 5.10 Å². The lowest BCUT2D eigenvalue weighted by atomic mass is 10.2. The van der Waals surface area contributed by atoms with Crippen LogP contribution >= 0.6 is 11.6 Å². The van der Waals surface area contributed by atoms with Gasteiger partial charge in [-0.05, 0) is 24.6 Å². The highest BCUT2D eigenvalue weighted by Crippen LogP contribution is 2.16. The maximum atomic E-state index is 6.07. The van der Waals surface area contributed by atoms with Crippen LogP contribution in [-0.4, -0.2) is 10.2 Å². The number of H-pyrrole nitrogens is 1. The van der Waals surface area contributed by atoms with Crippen LogP contribution in [0.4, 0.5) is 0 Å². The molecule has 2 N–H and O–H groups in total. The normalized spacial score (nSPS) is 12.6. The molecular weight excluding hydrogens is 222 g/mol. The fourth-order valence-corrected chi connectivity index (χ4v) is 1.73. The Labute approximate surface area is 99.8 Å². The van der Waals surface area contributed by atoms with Gasteiger partial charge in [-0.1, -0.05) is 29.8 Å². The summed E-state index contributed by atoms with van der Waals surface area (Å²) in [5.74, 6) is 0. The average molecular weight is 236 g/mol. The Morgan fingerprint density at radius 1 is 1.38 bits per heavy atom. The van der Waals surface area contributed by atoms with E-state index < -0.39 is 0 Å². The molecule has 1 atom stereocenters. The fourth-order valence-electron chi connectivity index (χ4n) is 1.52. The number of halogens is 1. The van der Waals surface area contributed by atoms with Crippen LogP contribution in [0.1, 0.15) is 24.2 Å². The molecule has 0 radical (unpaired) electrons. The third-order valence-electron chi connectivity index (χ3n) is 2.55. The molecule has 1 aromatic carbocycles. The first-order chi connectivity index (χ1) is 7.77. The fraction of sp³-hybridized carbons (Fsp3) is 0.250. The lowest BCUT2D eigenvalue weighted by Gasteiger charge is -2.12. The van der Waals surface area contributed by atoms with E-state index in [0.29, 0.717) is 0 Å². The first-order valence-corrected chi connectivity index (χ1v) is 5.61. The Kier molecular flexibility index (Phi) is 3.59. The largest absolute Gasteiger partial charge is 0.305 e. The van der Waals surface area contributed by atoms with E-state index in [1.165, 1.54) is 0 Å². The van der Waals surface area contributed by atoms with Gasteiger partial charge in [0.1, 0.15) is 0 Å². The predicted octanol–water partition coefficient (Wildman–Crippen LogP) is 2.91. The monoisotopic (exact) mass is 235 g/mol. The van der Waals surface area contributed by atoms with E-state index in [9.17, 15) is 0 Å². The maximum absolute atomic E-state index is 6.07. The minimum absolute atomic E-state index is 0.235. The number of nitrogens with zero attached hydrogens (tertiary/aromatic N) is 1. The van der Waals surface area contributed by atoms with Crippen molar-refractivity contribution in [2.45, 2.75) is 19.5 Å². The maximum Gasteiger partial charge on any atom is 0.0518 e. The third-order valence-corrected chi connectivity index (χ3v) is 2.91. The Bertz CT molecular complexity index is 439. The molecule has 1 heterocycles. The van der Waals surface area contributed by atoms with Gasteiger partial charge >= 0.3 is 0 Å². The van der Waals surface area contributed by atoms with Crippen LogP contribution in [0.2, 0.25) is 5.02 Å². The van der Waals surface area contributed by atoms with Crippen LogP contribution in [0.3, 0.4) is 0 Å². The summed E-state index contributed by atoms with van der Waals surface area (Å²) in [5.41, 5.74) is 2.18. The van der Waals surface area contributed by atoms with E-state index in [1.807, 2.05) is 30.3 Å². The van der Waals surface area contributed by atoms with Crippen molar-refractivity contribution in [2.24, 2.45) is 0 Å². The average Bonchev–Trinajstić information content (AvgIpc) is 2.81. The van der Waals surface area contributed by atoms with E-state index in [-0.39, 0.29) is 6.04 Å². The predicted molar refractivity (Wildman–Crippen MR) is 65.3 cm³/mol. The van der Waals surface area contributed by atoms with Crippen molar-refractivity contribution >= 4 is 11.6 Å². The van der Waals surface area contributed by atoms with Gasteiger partial charge in [0.2, 0.25) is 0 Å². The number of aromatic nitrogens is 2. The molecule has 2 rings (SSSR count). The van der Waals surface area contributed by atoms with Crippen LogP contribution in [0.5, 0.6) is 0 Å². The van der Waals surface area contributed by atoms with Gasteiger partial charge in [-0.25, -0.2) is 0 Å². The van der Waals surface area contributed by atoms with Crippen LogP contribution in [0.25, 0.3) is 0 Å². The van der Waals surface area contributed by atoms with Crippen molar-refractivity contribution in [3.63, 3.8) is 0 Å². The summed E-state index contributed by atoms with van der Waals surface area (Å²) in [7, 11) is 0. The zero-order chi connectivity index (χ0) is 11.4. The van der Waals surface area contributed by atoms with Crippen molar-refractivity contribution in [2.75, 3.05) is 0 Å². The van der Waals surface area contributed by atoms with Crippen LogP contribution in [-0.2, 0) is 6.54 Å². The molecule has 2 aromatic rings. The van der Waals surface area contributed by atoms with Crippen LogP contribution < -0.4 is 5.32 Å². The van der Waals surface area contributed by atoms with Crippen LogP contribution in [0, 0.1) is 0 Å². The molecule has 0 bridgehead atoms. The zero-order valence-electron chi connectivity index (χ0n) is 9.07. The number of benzene rings is 1. The molecule has 3 nitrogen and oxygen atoms in total. The first kappa shape index (κ1) is 11.2. The zero-order valence-corrected chi connectivity index (χ0v) is 9.83. The summed E-state index contributed by atoms with van der Waals surface area (Å²) in [6, 6.07) is 10.0. The summed E-state index contributed by atoms with van der Waals surface area (Å²) in [6.45, 7) is 2.84. The van der Waals surface area contributed by atoms with E-state index in [4.69, 9.17) is 11.6 Å². The molecule has 0 aliphatic heterocycles. The Morgan fingerprint density at radius 3 is 2.88 bits per heavy atom. The number of rotatable bonds is 4. The molecule has 0 amide bonds. The minimum atomic E-state index is 0.235. The van der Waals surface area contributed by atoms with E-state index in [2.05, 4.69) is 22.4 Å². The molecule has 16 heavy (non-hydrogen) atoms. The second-order valence-corrected chi connectivity index (χ2v) is 4.11. The summed E-state index contributed by atoms with van der Waals surface area (Å²) in [5, 5.41) is 11.1. The highest BCUT2D eigenvalue weighted by atomic mass is 35.5. The van der Waals surface area contributed by atoms with E-state index in [0.717, 1.165) is 22.8 Å². The minimum Gasteiger partial charge on any atom is -0.305 e. The quantitative estimate of drug-likeness (QED) is 0.856. The number of aromatic amines is 1. The molecular formula is C12H14ClN3. The topological polar surface area (TPSA) is 40.7 Å². The Hall–Kier alpha value is -1.32.